The maximum absolute atomic E-state index is 11.1. The van der Waals surface area contributed by atoms with Gasteiger partial charge < -0.3 is 14.8 Å². The molecule has 0 amide bonds. The van der Waals surface area contributed by atoms with Crippen molar-refractivity contribution >= 4 is 22.4 Å². The minimum atomic E-state index is -0.264. The van der Waals surface area contributed by atoms with Gasteiger partial charge in [-0.3, -0.25) is 4.79 Å². The average Bonchev–Trinajstić information content (AvgIpc) is 3.09. The number of nitrogens with one attached hydrogen (secondary N) is 1. The molecule has 1 saturated carbocycles. The monoisotopic (exact) mass is 270 g/mol. The van der Waals surface area contributed by atoms with Crippen LogP contribution in [0.2, 0.25) is 0 Å². The van der Waals surface area contributed by atoms with E-state index in [9.17, 15) is 4.79 Å². The average molecular weight is 270 g/mol. The van der Waals surface area contributed by atoms with Gasteiger partial charge in [0.05, 0.1) is 25.8 Å². The fourth-order valence-electron chi connectivity index (χ4n) is 1.45. The number of methoxy groups -OCH3 is 1. The van der Waals surface area contributed by atoms with E-state index in [1.807, 2.05) is 5.38 Å². The van der Waals surface area contributed by atoms with Crippen molar-refractivity contribution in [3.63, 3.8) is 0 Å². The number of nitrogens with zero attached hydrogens (tertiary/aromatic N) is 1. The minimum Gasteiger partial charge on any atom is -0.469 e. The summed E-state index contributed by atoms with van der Waals surface area (Å²) in [5.41, 5.74) is 0.744. The van der Waals surface area contributed by atoms with Gasteiger partial charge in [0.2, 0.25) is 0 Å². The van der Waals surface area contributed by atoms with Gasteiger partial charge in [0.25, 0.3) is 0 Å². The Balaban J connectivity index is 1.61. The SMILES string of the molecule is COC(=O)Cc1csc(NCCOCC2CC2)n1. The Hall–Kier alpha value is -1.14. The van der Waals surface area contributed by atoms with Gasteiger partial charge in [-0.25, -0.2) is 4.98 Å². The number of rotatable bonds is 8. The highest BCUT2D eigenvalue weighted by Gasteiger charge is 2.20. The van der Waals surface area contributed by atoms with Gasteiger partial charge in [0, 0.05) is 18.5 Å². The highest BCUT2D eigenvalue weighted by molar-refractivity contribution is 7.13. The molecule has 6 heteroatoms. The van der Waals surface area contributed by atoms with E-state index in [0.29, 0.717) is 6.61 Å². The lowest BCUT2D eigenvalue weighted by Crippen LogP contribution is -2.10. The van der Waals surface area contributed by atoms with E-state index < -0.39 is 0 Å². The van der Waals surface area contributed by atoms with E-state index in [4.69, 9.17) is 4.74 Å². The molecule has 1 heterocycles. The Bertz CT molecular complexity index is 390. The van der Waals surface area contributed by atoms with Gasteiger partial charge in [-0.15, -0.1) is 11.3 Å². The maximum Gasteiger partial charge on any atom is 0.311 e. The van der Waals surface area contributed by atoms with E-state index in [1.165, 1.54) is 31.3 Å². The van der Waals surface area contributed by atoms with Gasteiger partial charge >= 0.3 is 5.97 Å². The summed E-state index contributed by atoms with van der Waals surface area (Å²) in [7, 11) is 1.38. The molecule has 5 nitrogen and oxygen atoms in total. The van der Waals surface area contributed by atoms with Crippen LogP contribution in [0.4, 0.5) is 5.13 Å². The zero-order valence-corrected chi connectivity index (χ0v) is 11.3. The van der Waals surface area contributed by atoms with Gasteiger partial charge in [-0.2, -0.15) is 0 Å². The molecule has 1 aromatic rings. The standard InChI is InChI=1S/C12H18N2O3S/c1-16-11(15)6-10-8-18-12(14-10)13-4-5-17-7-9-2-3-9/h8-9H,2-7H2,1H3,(H,13,14). The first kappa shape index (κ1) is 13.3. The summed E-state index contributed by atoms with van der Waals surface area (Å²) in [4.78, 5) is 15.4. The fraction of sp³-hybridized carbons (Fsp3) is 0.667. The molecule has 0 aromatic carbocycles. The molecule has 1 aliphatic carbocycles. The number of hydrogen-bond acceptors (Lipinski definition) is 6. The number of esters is 1. The number of thiazole rings is 1. The first-order valence-electron chi connectivity index (χ1n) is 6.10. The number of ether oxygens (including phenoxy) is 2. The molecule has 1 aliphatic rings. The van der Waals surface area contributed by atoms with E-state index in [-0.39, 0.29) is 12.4 Å². The van der Waals surface area contributed by atoms with Crippen molar-refractivity contribution < 1.29 is 14.3 Å². The third-order valence-corrected chi connectivity index (χ3v) is 3.53. The normalized spacial score (nSPS) is 14.5. The lowest BCUT2D eigenvalue weighted by Gasteiger charge is -2.03. The number of hydrogen-bond donors (Lipinski definition) is 1. The van der Waals surface area contributed by atoms with Crippen LogP contribution >= 0.6 is 11.3 Å². The highest BCUT2D eigenvalue weighted by atomic mass is 32.1. The summed E-state index contributed by atoms with van der Waals surface area (Å²) in [5.74, 6) is 0.538. The quantitative estimate of drug-likeness (QED) is 0.575. The third-order valence-electron chi connectivity index (χ3n) is 2.68. The summed E-state index contributed by atoms with van der Waals surface area (Å²) >= 11 is 1.49. The van der Waals surface area contributed by atoms with E-state index in [0.717, 1.165) is 29.9 Å². The number of carbonyl (C=O) groups excluding carboxylic acids is 1. The van der Waals surface area contributed by atoms with Crippen LogP contribution < -0.4 is 5.32 Å². The number of aromatic nitrogens is 1. The molecular formula is C12H18N2O3S. The lowest BCUT2D eigenvalue weighted by atomic mass is 10.3. The summed E-state index contributed by atoms with van der Waals surface area (Å²) in [6, 6.07) is 0. The van der Waals surface area contributed by atoms with Crippen molar-refractivity contribution in [2.24, 2.45) is 5.92 Å². The van der Waals surface area contributed by atoms with Gasteiger partial charge in [0.15, 0.2) is 5.13 Å². The van der Waals surface area contributed by atoms with Crippen LogP contribution in [0.25, 0.3) is 0 Å². The Morgan fingerprint density at radius 2 is 2.44 bits per heavy atom. The Labute approximate surface area is 111 Å². The second-order valence-electron chi connectivity index (χ2n) is 4.34. The predicted octanol–water partition coefficient (Wildman–Crippen LogP) is 1.70. The van der Waals surface area contributed by atoms with Crippen molar-refractivity contribution in [2.75, 3.05) is 32.2 Å². The summed E-state index contributed by atoms with van der Waals surface area (Å²) in [5, 5.41) is 5.87. The summed E-state index contributed by atoms with van der Waals surface area (Å²) in [6.07, 6.45) is 2.86. The zero-order chi connectivity index (χ0) is 12.8. The molecule has 0 spiro atoms. The van der Waals surface area contributed by atoms with Gasteiger partial charge in [0.1, 0.15) is 0 Å². The van der Waals surface area contributed by atoms with Gasteiger partial charge in [-0.1, -0.05) is 0 Å². The van der Waals surface area contributed by atoms with Crippen molar-refractivity contribution in [3.05, 3.63) is 11.1 Å². The van der Waals surface area contributed by atoms with Crippen LogP contribution in [0.15, 0.2) is 5.38 Å². The molecular weight excluding hydrogens is 252 g/mol. The Morgan fingerprint density at radius 1 is 1.61 bits per heavy atom. The second-order valence-corrected chi connectivity index (χ2v) is 5.20. The van der Waals surface area contributed by atoms with Crippen molar-refractivity contribution in [2.45, 2.75) is 19.3 Å². The predicted molar refractivity (Wildman–Crippen MR) is 69.9 cm³/mol. The molecule has 100 valence electrons. The lowest BCUT2D eigenvalue weighted by molar-refractivity contribution is -0.139. The third kappa shape index (κ3) is 4.62. The Kier molecular flexibility index (Phi) is 4.95. The molecule has 1 aromatic heterocycles. The topological polar surface area (TPSA) is 60.5 Å². The molecule has 1 N–H and O–H groups in total. The van der Waals surface area contributed by atoms with Crippen LogP contribution in [0.3, 0.4) is 0 Å². The van der Waals surface area contributed by atoms with Crippen LogP contribution in [0, 0.1) is 5.92 Å². The summed E-state index contributed by atoms with van der Waals surface area (Å²) < 4.78 is 10.1. The molecule has 0 atom stereocenters. The van der Waals surface area contributed by atoms with Crippen LogP contribution in [0.5, 0.6) is 0 Å². The molecule has 0 unspecified atom stereocenters. The first-order chi connectivity index (χ1) is 8.78. The van der Waals surface area contributed by atoms with E-state index >= 15 is 0 Å². The van der Waals surface area contributed by atoms with Gasteiger partial charge in [-0.05, 0) is 18.8 Å². The summed E-state index contributed by atoms with van der Waals surface area (Å²) in [6.45, 7) is 2.33. The Morgan fingerprint density at radius 3 is 3.17 bits per heavy atom. The highest BCUT2D eigenvalue weighted by Crippen LogP contribution is 2.28. The fourth-order valence-corrected chi connectivity index (χ4v) is 2.19. The molecule has 2 rings (SSSR count). The minimum absolute atomic E-state index is 0.229. The maximum atomic E-state index is 11.1. The molecule has 1 fully saturated rings. The molecule has 0 saturated heterocycles. The largest absolute Gasteiger partial charge is 0.469 e. The van der Waals surface area contributed by atoms with E-state index in [2.05, 4.69) is 15.0 Å². The smallest absolute Gasteiger partial charge is 0.311 e. The van der Waals surface area contributed by atoms with Crippen molar-refractivity contribution in [1.29, 1.82) is 0 Å². The van der Waals surface area contributed by atoms with Crippen LogP contribution in [-0.2, 0) is 20.7 Å². The molecule has 18 heavy (non-hydrogen) atoms. The number of carbonyl (C=O) groups is 1. The molecule has 0 aliphatic heterocycles. The number of anilines is 1. The zero-order valence-electron chi connectivity index (χ0n) is 10.5. The van der Waals surface area contributed by atoms with Crippen LogP contribution in [-0.4, -0.2) is 37.8 Å². The molecule has 0 radical (unpaired) electrons. The van der Waals surface area contributed by atoms with E-state index in [1.54, 1.807) is 0 Å². The first-order valence-corrected chi connectivity index (χ1v) is 6.98. The van der Waals surface area contributed by atoms with Crippen molar-refractivity contribution in [1.82, 2.24) is 4.98 Å². The van der Waals surface area contributed by atoms with Crippen LogP contribution in [0.1, 0.15) is 18.5 Å². The molecule has 0 bridgehead atoms. The second kappa shape index (κ2) is 6.70. The van der Waals surface area contributed by atoms with Crippen molar-refractivity contribution in [3.8, 4) is 0 Å².